The number of aliphatic hydroxyl groups excluding tert-OH is 2. The first kappa shape index (κ1) is 36.7. The molecule has 4 rings (SSSR count). The Labute approximate surface area is 290 Å². The van der Waals surface area contributed by atoms with Crippen LogP contribution in [-0.4, -0.2) is 57.1 Å². The molecular weight excluding hydrogens is 602 g/mol. The zero-order chi connectivity index (χ0) is 32.7. The Kier molecular flexibility index (Phi) is 13.3. The fourth-order valence-corrected chi connectivity index (χ4v) is 5.51. The molecule has 9 nitrogen and oxygen atoms in total. The van der Waals surface area contributed by atoms with E-state index in [1.54, 1.807) is 36.4 Å². The summed E-state index contributed by atoms with van der Waals surface area (Å²) in [6, 6.07) is 21.4. The van der Waals surface area contributed by atoms with Crippen molar-refractivity contribution in [3.8, 4) is 22.3 Å². The van der Waals surface area contributed by atoms with Crippen LogP contribution in [0.1, 0.15) is 67.1 Å². The van der Waals surface area contributed by atoms with Gasteiger partial charge in [-0.2, -0.15) is 0 Å². The van der Waals surface area contributed by atoms with Crippen LogP contribution in [0.5, 0.6) is 0 Å². The number of carbonyl (C=O) groups excluding carboxylic acids is 2. The van der Waals surface area contributed by atoms with Gasteiger partial charge in [0.1, 0.15) is 11.5 Å². The van der Waals surface area contributed by atoms with Crippen LogP contribution in [0, 0.1) is 5.82 Å². The quantitative estimate of drug-likeness (QED) is 0.130. The largest absolute Gasteiger partial charge is 1.00 e. The monoisotopic (exact) mass is 640 g/mol. The van der Waals surface area contributed by atoms with Crippen LogP contribution >= 0.6 is 0 Å². The molecule has 1 heterocycles. The van der Waals surface area contributed by atoms with Gasteiger partial charge in [-0.15, -0.1) is 0 Å². The van der Waals surface area contributed by atoms with Crippen molar-refractivity contribution in [2.45, 2.75) is 57.8 Å². The standard InChI is InChI=1S/C35H37FN2O7.Na.H/c1-21(2)38-29(18-17-27(39)19-28(40)20-30(41)42)31(23-9-13-25(36)14-10-23)32(22-7-5-4-6-8-22)33(38)34(43)37-26-15-11-24(12-16-26)35(44)45-3;;/h4-16,21,27-28,39-40H,17-20H2,1-3H3,(H,37,43)(H,41,42);;/q;+1;-1. The number of hydrogen-bond acceptors (Lipinski definition) is 6. The van der Waals surface area contributed by atoms with Gasteiger partial charge in [0.25, 0.3) is 5.91 Å². The van der Waals surface area contributed by atoms with E-state index >= 15 is 0 Å². The number of halogens is 1. The number of aromatic nitrogens is 1. The minimum Gasteiger partial charge on any atom is -1.00 e. The number of aliphatic hydroxyl groups is 2. The molecule has 2 unspecified atom stereocenters. The molecular formula is C35H38FN2NaO7. The first-order valence-corrected chi connectivity index (χ1v) is 14.7. The number of ether oxygens (including phenoxy) is 1. The summed E-state index contributed by atoms with van der Waals surface area (Å²) in [6.45, 7) is 3.86. The Balaban J connectivity index is 0.00000384. The second-order valence-electron chi connectivity index (χ2n) is 11.1. The van der Waals surface area contributed by atoms with E-state index in [2.05, 4.69) is 5.32 Å². The molecule has 0 saturated carbocycles. The number of carboxylic acid groups (broad SMARTS) is 1. The molecule has 0 radical (unpaired) electrons. The molecule has 4 N–H and O–H groups in total. The number of hydrogen-bond donors (Lipinski definition) is 4. The predicted molar refractivity (Wildman–Crippen MR) is 170 cm³/mol. The fraction of sp³-hybridized carbons (Fsp3) is 0.286. The average molecular weight is 641 g/mol. The molecule has 11 heteroatoms. The van der Waals surface area contributed by atoms with Gasteiger partial charge in [0.15, 0.2) is 0 Å². The molecule has 0 aliphatic heterocycles. The third-order valence-corrected chi connectivity index (χ3v) is 7.47. The summed E-state index contributed by atoms with van der Waals surface area (Å²) in [5.41, 5.74) is 4.59. The molecule has 1 amide bonds. The topological polar surface area (TPSA) is 138 Å². The number of carbonyl (C=O) groups is 3. The number of carboxylic acids is 1. The molecule has 0 aliphatic rings. The molecule has 2 atom stereocenters. The molecule has 3 aromatic carbocycles. The molecule has 0 saturated heterocycles. The Hall–Kier alpha value is -3.80. The number of nitrogens with one attached hydrogen (secondary N) is 1. The molecule has 4 aromatic rings. The van der Waals surface area contributed by atoms with Crippen LogP contribution in [-0.2, 0) is 16.0 Å². The smallest absolute Gasteiger partial charge is 1.00 e. The van der Waals surface area contributed by atoms with Gasteiger partial charge in [0.2, 0.25) is 0 Å². The van der Waals surface area contributed by atoms with Gasteiger partial charge in [-0.05, 0) is 80.6 Å². The van der Waals surface area contributed by atoms with Gasteiger partial charge in [0, 0.05) is 28.6 Å². The maximum Gasteiger partial charge on any atom is 1.00 e. The first-order chi connectivity index (χ1) is 21.5. The van der Waals surface area contributed by atoms with E-state index in [0.29, 0.717) is 39.3 Å². The van der Waals surface area contributed by atoms with E-state index in [1.165, 1.54) is 19.2 Å². The van der Waals surface area contributed by atoms with Crippen LogP contribution in [0.3, 0.4) is 0 Å². The van der Waals surface area contributed by atoms with Crippen molar-refractivity contribution in [2.24, 2.45) is 0 Å². The number of esters is 1. The number of amides is 1. The first-order valence-electron chi connectivity index (χ1n) is 14.7. The number of rotatable bonds is 13. The van der Waals surface area contributed by atoms with Crippen LogP contribution in [0.2, 0.25) is 0 Å². The molecule has 0 bridgehead atoms. The Morgan fingerprint density at radius 2 is 1.50 bits per heavy atom. The summed E-state index contributed by atoms with van der Waals surface area (Å²) in [7, 11) is 1.29. The van der Waals surface area contributed by atoms with Crippen molar-refractivity contribution >= 4 is 23.5 Å². The van der Waals surface area contributed by atoms with Crippen LogP contribution < -0.4 is 34.9 Å². The van der Waals surface area contributed by atoms with Gasteiger partial charge in [0.05, 0.1) is 31.3 Å². The van der Waals surface area contributed by atoms with E-state index in [1.807, 2.05) is 48.7 Å². The summed E-state index contributed by atoms with van der Waals surface area (Å²) in [4.78, 5) is 37.1. The Morgan fingerprint density at radius 1 is 0.891 bits per heavy atom. The summed E-state index contributed by atoms with van der Waals surface area (Å²) in [5, 5.41) is 32.8. The van der Waals surface area contributed by atoms with Crippen molar-refractivity contribution in [3.05, 3.63) is 102 Å². The zero-order valence-electron chi connectivity index (χ0n) is 27.4. The van der Waals surface area contributed by atoms with Gasteiger partial charge in [-0.3, -0.25) is 9.59 Å². The molecule has 0 aliphatic carbocycles. The van der Waals surface area contributed by atoms with Crippen molar-refractivity contribution in [3.63, 3.8) is 0 Å². The number of methoxy groups -OCH3 is 1. The van der Waals surface area contributed by atoms with Gasteiger partial charge >= 0.3 is 41.5 Å². The normalized spacial score (nSPS) is 12.2. The van der Waals surface area contributed by atoms with Gasteiger partial charge in [-0.1, -0.05) is 42.5 Å². The molecule has 46 heavy (non-hydrogen) atoms. The third kappa shape index (κ3) is 8.92. The predicted octanol–water partition coefficient (Wildman–Crippen LogP) is 3.22. The van der Waals surface area contributed by atoms with Crippen LogP contribution in [0.25, 0.3) is 22.3 Å². The number of benzene rings is 3. The molecule has 0 spiro atoms. The second-order valence-corrected chi connectivity index (χ2v) is 11.1. The van der Waals surface area contributed by atoms with Gasteiger partial charge < -0.3 is 31.4 Å². The summed E-state index contributed by atoms with van der Waals surface area (Å²) < 4.78 is 20.7. The van der Waals surface area contributed by atoms with E-state index in [4.69, 9.17) is 9.84 Å². The van der Waals surface area contributed by atoms with Crippen molar-refractivity contribution < 1.29 is 69.8 Å². The summed E-state index contributed by atoms with van der Waals surface area (Å²) >= 11 is 0. The maximum atomic E-state index is 14.2. The zero-order valence-corrected chi connectivity index (χ0v) is 28.4. The van der Waals surface area contributed by atoms with E-state index in [-0.39, 0.29) is 56.3 Å². The number of aliphatic carboxylic acids is 1. The maximum absolute atomic E-state index is 14.2. The molecule has 1 aromatic heterocycles. The number of nitrogens with zero attached hydrogens (tertiary/aromatic N) is 1. The second kappa shape index (κ2) is 16.7. The van der Waals surface area contributed by atoms with E-state index < -0.39 is 42.3 Å². The molecule has 238 valence electrons. The van der Waals surface area contributed by atoms with Crippen LogP contribution in [0.4, 0.5) is 10.1 Å². The van der Waals surface area contributed by atoms with Crippen molar-refractivity contribution in [1.29, 1.82) is 0 Å². The third-order valence-electron chi connectivity index (χ3n) is 7.47. The number of anilines is 1. The Morgan fingerprint density at radius 3 is 2.07 bits per heavy atom. The average Bonchev–Trinajstić information content (AvgIpc) is 3.36. The van der Waals surface area contributed by atoms with E-state index in [9.17, 15) is 29.0 Å². The summed E-state index contributed by atoms with van der Waals surface area (Å²) in [6.07, 6.45) is -2.39. The van der Waals surface area contributed by atoms with Crippen LogP contribution in [0.15, 0.2) is 78.9 Å². The van der Waals surface area contributed by atoms with Crippen molar-refractivity contribution in [2.75, 3.05) is 12.4 Å². The minimum atomic E-state index is -1.21. The van der Waals surface area contributed by atoms with Crippen molar-refractivity contribution in [1.82, 2.24) is 4.57 Å². The Bertz CT molecular complexity index is 1650. The van der Waals surface area contributed by atoms with Gasteiger partial charge in [-0.25, -0.2) is 9.18 Å². The summed E-state index contributed by atoms with van der Waals surface area (Å²) in [5.74, 6) is -2.49. The SMILES string of the molecule is COC(=O)c1ccc(NC(=O)c2c(-c3ccccc3)c(-c3ccc(F)cc3)c(CCC(O)CC(O)CC(=O)O)n2C(C)C)cc1.[H-].[Na+]. The molecule has 0 fully saturated rings. The van der Waals surface area contributed by atoms with E-state index in [0.717, 1.165) is 5.56 Å². The minimum absolute atomic E-state index is 0. The fourth-order valence-electron chi connectivity index (χ4n) is 5.51.